The third kappa shape index (κ3) is 2.80. The van der Waals surface area contributed by atoms with Crippen LogP contribution in [0.25, 0.3) is 6.08 Å². The number of aromatic hydroxyl groups is 1. The van der Waals surface area contributed by atoms with Gasteiger partial charge >= 0.3 is 0 Å². The lowest BCUT2D eigenvalue weighted by Crippen LogP contribution is -1.98. The SMILES string of the molecule is COc1ccc(/C=C2\Cc3ccc(O)cc3C2C=O)cc1OC. The zero-order valence-electron chi connectivity index (χ0n) is 13.1. The maximum atomic E-state index is 11.5. The number of phenols is 1. The Morgan fingerprint density at radius 3 is 2.57 bits per heavy atom. The van der Waals surface area contributed by atoms with Crippen molar-refractivity contribution in [1.29, 1.82) is 0 Å². The lowest BCUT2D eigenvalue weighted by molar-refractivity contribution is -0.108. The Labute approximate surface area is 135 Å². The molecule has 0 amide bonds. The molecular formula is C19H18O4. The van der Waals surface area contributed by atoms with E-state index in [1.54, 1.807) is 26.4 Å². The molecule has 0 radical (unpaired) electrons. The number of rotatable bonds is 4. The van der Waals surface area contributed by atoms with Gasteiger partial charge in [-0.05, 0) is 47.4 Å². The second-order valence-corrected chi connectivity index (χ2v) is 5.51. The van der Waals surface area contributed by atoms with E-state index in [1.165, 1.54) is 0 Å². The molecule has 0 aliphatic heterocycles. The molecule has 0 aromatic heterocycles. The van der Waals surface area contributed by atoms with E-state index in [1.807, 2.05) is 30.3 Å². The summed E-state index contributed by atoms with van der Waals surface area (Å²) in [5, 5.41) is 9.65. The van der Waals surface area contributed by atoms with Gasteiger partial charge in [0.1, 0.15) is 12.0 Å². The van der Waals surface area contributed by atoms with Crippen molar-refractivity contribution in [2.24, 2.45) is 0 Å². The first-order valence-corrected chi connectivity index (χ1v) is 7.36. The van der Waals surface area contributed by atoms with Crippen molar-refractivity contribution in [3.63, 3.8) is 0 Å². The van der Waals surface area contributed by atoms with E-state index in [4.69, 9.17) is 9.47 Å². The minimum absolute atomic E-state index is 0.183. The molecule has 2 aromatic rings. The molecule has 0 bridgehead atoms. The number of fused-ring (bicyclic) bond motifs is 1. The van der Waals surface area contributed by atoms with Crippen LogP contribution in [0.15, 0.2) is 42.0 Å². The van der Waals surface area contributed by atoms with Gasteiger partial charge < -0.3 is 19.4 Å². The predicted molar refractivity (Wildman–Crippen MR) is 88.1 cm³/mol. The van der Waals surface area contributed by atoms with Crippen molar-refractivity contribution in [2.45, 2.75) is 12.3 Å². The van der Waals surface area contributed by atoms with Crippen molar-refractivity contribution in [1.82, 2.24) is 0 Å². The van der Waals surface area contributed by atoms with Crippen molar-refractivity contribution in [2.75, 3.05) is 14.2 Å². The molecular weight excluding hydrogens is 292 g/mol. The number of hydrogen-bond donors (Lipinski definition) is 1. The first-order valence-electron chi connectivity index (χ1n) is 7.36. The highest BCUT2D eigenvalue weighted by molar-refractivity contribution is 5.77. The molecule has 1 aliphatic rings. The van der Waals surface area contributed by atoms with Crippen LogP contribution >= 0.6 is 0 Å². The molecule has 2 aromatic carbocycles. The molecule has 4 nitrogen and oxygen atoms in total. The minimum Gasteiger partial charge on any atom is -0.508 e. The van der Waals surface area contributed by atoms with Gasteiger partial charge in [0.2, 0.25) is 0 Å². The van der Waals surface area contributed by atoms with Gasteiger partial charge in [-0.15, -0.1) is 0 Å². The van der Waals surface area contributed by atoms with Crippen molar-refractivity contribution >= 4 is 12.4 Å². The standard InChI is InChI=1S/C19H18O4/c1-22-18-6-3-12(8-19(18)23-2)7-14-9-13-4-5-15(21)10-16(13)17(14)11-20/h3-8,10-11,17,21H,9H2,1-2H3/b14-7+. The summed E-state index contributed by atoms with van der Waals surface area (Å²) in [5.41, 5.74) is 3.91. The number of hydrogen-bond acceptors (Lipinski definition) is 4. The molecule has 1 N–H and O–H groups in total. The Morgan fingerprint density at radius 2 is 1.87 bits per heavy atom. The molecule has 4 heteroatoms. The Morgan fingerprint density at radius 1 is 1.09 bits per heavy atom. The van der Waals surface area contributed by atoms with E-state index in [0.29, 0.717) is 17.9 Å². The zero-order chi connectivity index (χ0) is 16.4. The monoisotopic (exact) mass is 310 g/mol. The maximum Gasteiger partial charge on any atom is 0.161 e. The van der Waals surface area contributed by atoms with Crippen molar-refractivity contribution in [3.8, 4) is 17.2 Å². The van der Waals surface area contributed by atoms with E-state index in [-0.39, 0.29) is 11.7 Å². The van der Waals surface area contributed by atoms with Crippen molar-refractivity contribution in [3.05, 3.63) is 58.7 Å². The van der Waals surface area contributed by atoms with E-state index < -0.39 is 0 Å². The molecule has 1 aliphatic carbocycles. The van der Waals surface area contributed by atoms with Crippen LogP contribution in [-0.4, -0.2) is 25.6 Å². The lowest BCUT2D eigenvalue weighted by atomic mass is 9.97. The summed E-state index contributed by atoms with van der Waals surface area (Å²) in [6, 6.07) is 10.8. The summed E-state index contributed by atoms with van der Waals surface area (Å²) in [6.45, 7) is 0. The van der Waals surface area contributed by atoms with Crippen LogP contribution < -0.4 is 9.47 Å². The normalized spacial score (nSPS) is 17.8. The number of aldehydes is 1. The molecule has 118 valence electrons. The van der Waals surface area contributed by atoms with E-state index in [9.17, 15) is 9.90 Å². The summed E-state index contributed by atoms with van der Waals surface area (Å²) >= 11 is 0. The number of ether oxygens (including phenoxy) is 2. The van der Waals surface area contributed by atoms with E-state index in [0.717, 1.165) is 28.5 Å². The smallest absolute Gasteiger partial charge is 0.161 e. The molecule has 0 fully saturated rings. The fraction of sp³-hybridized carbons (Fsp3) is 0.211. The van der Waals surface area contributed by atoms with Gasteiger partial charge in [-0.3, -0.25) is 0 Å². The van der Waals surface area contributed by atoms with Crippen LogP contribution in [0.4, 0.5) is 0 Å². The van der Waals surface area contributed by atoms with Gasteiger partial charge in [0.25, 0.3) is 0 Å². The third-order valence-corrected chi connectivity index (χ3v) is 4.15. The number of methoxy groups -OCH3 is 2. The fourth-order valence-electron chi connectivity index (χ4n) is 3.02. The maximum absolute atomic E-state index is 11.5. The number of carbonyl (C=O) groups excluding carboxylic acids is 1. The Kier molecular flexibility index (Phi) is 4.06. The molecule has 1 atom stereocenters. The van der Waals surface area contributed by atoms with E-state index >= 15 is 0 Å². The van der Waals surface area contributed by atoms with Gasteiger partial charge in [-0.2, -0.15) is 0 Å². The molecule has 0 spiro atoms. The van der Waals surface area contributed by atoms with Crippen LogP contribution in [0.3, 0.4) is 0 Å². The first kappa shape index (κ1) is 15.2. The average Bonchev–Trinajstić information content (AvgIpc) is 2.90. The fourth-order valence-corrected chi connectivity index (χ4v) is 3.02. The number of allylic oxidation sites excluding steroid dienone is 1. The summed E-state index contributed by atoms with van der Waals surface area (Å²) in [5.74, 6) is 1.19. The summed E-state index contributed by atoms with van der Waals surface area (Å²) < 4.78 is 10.6. The second-order valence-electron chi connectivity index (χ2n) is 5.51. The number of carbonyl (C=O) groups is 1. The largest absolute Gasteiger partial charge is 0.508 e. The number of benzene rings is 2. The van der Waals surface area contributed by atoms with Gasteiger partial charge in [0, 0.05) is 0 Å². The molecule has 23 heavy (non-hydrogen) atoms. The molecule has 3 rings (SSSR count). The quantitative estimate of drug-likeness (QED) is 0.880. The van der Waals surface area contributed by atoms with E-state index in [2.05, 4.69) is 0 Å². The summed E-state index contributed by atoms with van der Waals surface area (Å²) in [6.07, 6.45) is 3.63. The molecule has 0 saturated heterocycles. The van der Waals surface area contributed by atoms with Gasteiger partial charge in [-0.25, -0.2) is 0 Å². The summed E-state index contributed by atoms with van der Waals surface area (Å²) in [7, 11) is 3.19. The Hall–Kier alpha value is -2.75. The number of phenolic OH excluding ortho intramolecular Hbond substituents is 1. The van der Waals surface area contributed by atoms with Crippen LogP contribution in [0.1, 0.15) is 22.6 Å². The molecule has 0 heterocycles. The highest BCUT2D eigenvalue weighted by Gasteiger charge is 2.27. The van der Waals surface area contributed by atoms with Crippen LogP contribution in [-0.2, 0) is 11.2 Å². The first-order chi connectivity index (χ1) is 11.2. The molecule has 0 saturated carbocycles. The van der Waals surface area contributed by atoms with Crippen LogP contribution in [0.2, 0.25) is 0 Å². The Bertz CT molecular complexity index is 777. The highest BCUT2D eigenvalue weighted by atomic mass is 16.5. The lowest BCUT2D eigenvalue weighted by Gasteiger charge is -2.09. The van der Waals surface area contributed by atoms with Gasteiger partial charge in [-0.1, -0.05) is 23.8 Å². The van der Waals surface area contributed by atoms with Crippen LogP contribution in [0.5, 0.6) is 17.2 Å². The average molecular weight is 310 g/mol. The van der Waals surface area contributed by atoms with Gasteiger partial charge in [0.15, 0.2) is 11.5 Å². The zero-order valence-corrected chi connectivity index (χ0v) is 13.1. The Balaban J connectivity index is 1.99. The topological polar surface area (TPSA) is 55.8 Å². The second kappa shape index (κ2) is 6.16. The minimum atomic E-state index is -0.315. The third-order valence-electron chi connectivity index (χ3n) is 4.15. The molecule has 1 unspecified atom stereocenters. The van der Waals surface area contributed by atoms with Crippen LogP contribution in [0, 0.1) is 0 Å². The van der Waals surface area contributed by atoms with Crippen molar-refractivity contribution < 1.29 is 19.4 Å². The highest BCUT2D eigenvalue weighted by Crippen LogP contribution is 2.39. The summed E-state index contributed by atoms with van der Waals surface area (Å²) in [4.78, 5) is 11.5. The predicted octanol–water partition coefficient (Wildman–Crippen LogP) is 3.33. The van der Waals surface area contributed by atoms with Gasteiger partial charge in [0.05, 0.1) is 20.1 Å².